The molecule has 22 fully saturated rings. The van der Waals surface area contributed by atoms with Crippen molar-refractivity contribution in [2.75, 3.05) is 46.2 Å². The van der Waals surface area contributed by atoms with Gasteiger partial charge in [-0.25, -0.2) is 0 Å². The summed E-state index contributed by atoms with van der Waals surface area (Å²) >= 11 is 0. The van der Waals surface area contributed by atoms with Crippen LogP contribution in [0.4, 0.5) is 0 Å². The molecule has 12 bridgehead atoms. The summed E-state index contributed by atoms with van der Waals surface area (Å²) in [6, 6.07) is 0. The smallest absolute Gasteiger partial charge is 0.187 e. The van der Waals surface area contributed by atoms with E-state index >= 15 is 0 Å². The topological polar surface area (TPSA) is 484 Å². The maximum absolute atomic E-state index is 11.8. The lowest BCUT2D eigenvalue weighted by Crippen LogP contribution is -2.69. The van der Waals surface area contributed by atoms with Crippen molar-refractivity contribution in [3.05, 3.63) is 0 Å². The Bertz CT molecular complexity index is 1630. The average Bonchev–Trinajstić information content (AvgIpc) is 3.37. The highest BCUT2D eigenvalue weighted by Gasteiger charge is 2.59. The molecular weight excluding hydrogens is 988 g/mol. The van der Waals surface area contributed by atoms with Gasteiger partial charge in [-0.2, -0.15) is 0 Å². The Balaban J connectivity index is 1.22. The van der Waals surface area contributed by atoms with Gasteiger partial charge in [-0.3, -0.25) is 0 Å². The van der Waals surface area contributed by atoms with Gasteiger partial charge >= 0.3 is 0 Å². The van der Waals surface area contributed by atoms with Gasteiger partial charge in [0, 0.05) is 0 Å². The fourth-order valence-electron chi connectivity index (χ4n) is 9.74. The van der Waals surface area contributed by atoms with Gasteiger partial charge in [0.05, 0.1) is 52.4 Å². The fraction of sp³-hybridized carbons (Fsp3) is 1.00. The van der Waals surface area contributed by atoms with Crippen molar-refractivity contribution in [2.24, 2.45) is 0 Å². The van der Waals surface area contributed by atoms with Crippen LogP contribution in [0.3, 0.4) is 0 Å². The predicted octanol–water partition coefficient (Wildman–Crippen LogP) is -11.9. The molecule has 72 heavy (non-hydrogen) atoms. The Morgan fingerprint density at radius 1 is 0.319 bits per heavy atom. The predicted molar refractivity (Wildman–Crippen MR) is 220 cm³/mol. The van der Waals surface area contributed by atoms with Crippen LogP contribution in [-0.4, -0.2) is 329 Å². The number of aliphatic hydroxyl groups excluding tert-OH is 18. The Kier molecular flexibility index (Phi) is 20.7. The third-order valence-electron chi connectivity index (χ3n) is 13.7. The molecule has 0 amide bonds. The minimum atomic E-state index is -2.16. The van der Waals surface area contributed by atoms with Gasteiger partial charge in [0.25, 0.3) is 0 Å². The lowest BCUT2D eigenvalue weighted by Gasteiger charge is -2.51. The first-order valence-corrected chi connectivity index (χ1v) is 23.7. The molecule has 31 nitrogen and oxygen atoms in total. The van der Waals surface area contributed by atoms with Crippen LogP contribution in [0, 0.1) is 0 Å². The van der Waals surface area contributed by atoms with Gasteiger partial charge in [-0.1, -0.05) is 13.3 Å². The molecule has 0 aromatic carbocycles. The van der Waals surface area contributed by atoms with E-state index in [1.54, 1.807) is 6.92 Å². The highest BCUT2D eigenvalue weighted by molar-refractivity contribution is 5.01. The van der Waals surface area contributed by atoms with Gasteiger partial charge < -0.3 is 153 Å². The van der Waals surface area contributed by atoms with Crippen molar-refractivity contribution < 1.29 is 153 Å². The van der Waals surface area contributed by atoms with Crippen LogP contribution in [0.1, 0.15) is 19.8 Å². The van der Waals surface area contributed by atoms with E-state index in [4.69, 9.17) is 61.6 Å². The number of aliphatic hydroxyl groups is 18. The van der Waals surface area contributed by atoms with Crippen molar-refractivity contribution >= 4 is 0 Å². The summed E-state index contributed by atoms with van der Waals surface area (Å²) in [4.78, 5) is 0. The minimum Gasteiger partial charge on any atom is -0.394 e. The van der Waals surface area contributed by atoms with Crippen molar-refractivity contribution in [1.82, 2.24) is 0 Å². The lowest BCUT2D eigenvalue weighted by atomic mass is 9.94. The van der Waals surface area contributed by atoms with Crippen LogP contribution in [0.5, 0.6) is 0 Å². The SMILES string of the molecule is CCCC(O)CO[C@@H]1[C@@H](O)[C@H]2O[C@H]3[C@H](O)[C@@H](O)[C@@H](O[C@H]4[C@H](O)[C@@H](O)[C@@H](O[C@H]5[C@H](O)[C@@H](O)[C@@H](O[C@H]6[C@H](O)[C@@H](O)[C@@H](O[C@H]7[C@H](O)[C@@H](O)[C@@H](O[C@H]1[C@@H](CO)O2)O[C@@H]7CO)O[C@@H]6CO)O[C@@H]5CO)O[C@@H]4CO)O[C@@H]3CO. The zero-order chi connectivity index (χ0) is 52.5. The molecule has 31 atom stereocenters. The van der Waals surface area contributed by atoms with Crippen LogP contribution in [-0.2, 0) is 61.6 Å². The minimum absolute atomic E-state index is 0.211. The Hall–Kier alpha value is -1.24. The monoisotopic (exact) mass is 1060 g/mol. The molecule has 0 saturated carbocycles. The lowest BCUT2D eigenvalue weighted by molar-refractivity contribution is -0.405. The van der Waals surface area contributed by atoms with Crippen LogP contribution in [0.25, 0.3) is 0 Å². The molecule has 22 rings (SSSR count). The van der Waals surface area contributed by atoms with Crippen molar-refractivity contribution in [3.8, 4) is 0 Å². The maximum Gasteiger partial charge on any atom is 0.187 e. The van der Waals surface area contributed by atoms with Crippen LogP contribution >= 0.6 is 0 Å². The molecule has 0 aliphatic carbocycles. The second kappa shape index (κ2) is 25.5. The molecular formula is C41H70O31. The summed E-state index contributed by atoms with van der Waals surface area (Å²) < 4.78 is 75.2. The Morgan fingerprint density at radius 3 is 0.778 bits per heavy atom. The molecule has 0 radical (unpaired) electrons. The summed E-state index contributed by atoms with van der Waals surface area (Å²) in [6.07, 6.45) is -58.3. The van der Waals surface area contributed by atoms with Crippen molar-refractivity contribution in [2.45, 2.75) is 210 Å². The van der Waals surface area contributed by atoms with Crippen LogP contribution < -0.4 is 0 Å². The molecule has 1 unspecified atom stereocenters. The van der Waals surface area contributed by atoms with Crippen molar-refractivity contribution in [1.29, 1.82) is 0 Å². The summed E-state index contributed by atoms with van der Waals surface area (Å²) in [7, 11) is 0. The van der Waals surface area contributed by atoms with Gasteiger partial charge in [0.2, 0.25) is 0 Å². The quantitative estimate of drug-likeness (QED) is 0.0913. The zero-order valence-corrected chi connectivity index (χ0v) is 38.6. The average molecular weight is 1060 g/mol. The van der Waals surface area contributed by atoms with Crippen LogP contribution in [0.15, 0.2) is 0 Å². The fourth-order valence-corrected chi connectivity index (χ4v) is 9.74. The molecule has 0 aromatic rings. The Labute approximate surface area is 409 Å². The van der Waals surface area contributed by atoms with Crippen molar-refractivity contribution in [3.63, 3.8) is 0 Å². The molecule has 18 N–H and O–H groups in total. The van der Waals surface area contributed by atoms with E-state index in [0.717, 1.165) is 0 Å². The number of hydrogen-bond donors (Lipinski definition) is 18. The Morgan fingerprint density at radius 2 is 0.542 bits per heavy atom. The zero-order valence-electron chi connectivity index (χ0n) is 38.6. The molecule has 22 heterocycles. The first-order valence-electron chi connectivity index (χ1n) is 23.7. The van der Waals surface area contributed by atoms with E-state index in [2.05, 4.69) is 0 Å². The molecule has 0 aromatic heterocycles. The molecule has 22 aliphatic rings. The van der Waals surface area contributed by atoms with Gasteiger partial charge in [0.1, 0.15) is 146 Å². The van der Waals surface area contributed by atoms with E-state index in [1.807, 2.05) is 0 Å². The van der Waals surface area contributed by atoms with Gasteiger partial charge in [-0.15, -0.1) is 0 Å². The number of ether oxygens (including phenoxy) is 13. The summed E-state index contributed by atoms with van der Waals surface area (Å²) in [5.41, 5.74) is 0. The second-order valence-corrected chi connectivity index (χ2v) is 18.6. The third kappa shape index (κ3) is 11.9. The second-order valence-electron chi connectivity index (χ2n) is 18.6. The molecule has 31 heteroatoms. The number of rotatable bonds is 11. The summed E-state index contributed by atoms with van der Waals surface area (Å²) in [6.45, 7) is -4.69. The molecule has 0 spiro atoms. The molecule has 420 valence electrons. The maximum atomic E-state index is 11.8. The normalized spacial score (nSPS) is 52.2. The van der Waals surface area contributed by atoms with E-state index in [-0.39, 0.29) is 6.42 Å². The standard InChI is InChI=1S/C41H70O31/c1-2-3-11(48)10-60-35-28(59)41-66-17(9-47)34(35)72-40-27(58)22(53)32(15(7-45)65-40)70-38-25(56)20(51)30(13(5-43)63-38)68-36-23(54)18(49)29(12(4-42)61-36)67-37-24(55)19(50)31(14(6-44)62-37)69-39-26(57)21(52)33(71-41)16(8-46)64-39/h11-59H,2-10H2,1H3/t11?,12-,13-,14-,15-,16-,17-,18-,19-,20-,21-,22-,23-,24-,25-,26-,27-,28-,29-,30-,31-,32-,33-,34+,35-,36-,37-,38-,39-,40-,41-/m1/s1. The molecule has 22 aliphatic heterocycles. The van der Waals surface area contributed by atoms with E-state index < -0.39 is 237 Å². The van der Waals surface area contributed by atoms with Gasteiger partial charge in [0.15, 0.2) is 37.7 Å². The van der Waals surface area contributed by atoms with Gasteiger partial charge in [-0.05, 0) is 6.42 Å². The van der Waals surface area contributed by atoms with E-state index in [1.165, 1.54) is 0 Å². The molecule has 22 saturated heterocycles. The largest absolute Gasteiger partial charge is 0.394 e. The van der Waals surface area contributed by atoms with E-state index in [0.29, 0.717) is 6.42 Å². The highest BCUT2D eigenvalue weighted by Crippen LogP contribution is 2.38. The first kappa shape index (κ1) is 58.4. The summed E-state index contributed by atoms with van der Waals surface area (Å²) in [5, 5.41) is 198. The number of hydrogen-bond acceptors (Lipinski definition) is 31. The first-order chi connectivity index (χ1) is 34.4. The highest BCUT2D eigenvalue weighted by atomic mass is 16.8. The van der Waals surface area contributed by atoms with Crippen LogP contribution in [0.2, 0.25) is 0 Å². The third-order valence-corrected chi connectivity index (χ3v) is 13.7. The summed E-state index contributed by atoms with van der Waals surface area (Å²) in [5.74, 6) is 0. The van der Waals surface area contributed by atoms with E-state index in [9.17, 15) is 91.9 Å².